The van der Waals surface area contributed by atoms with Gasteiger partial charge in [0, 0.05) is 3.57 Å². The molecule has 0 spiro atoms. The lowest BCUT2D eigenvalue weighted by Gasteiger charge is -2.04. The van der Waals surface area contributed by atoms with Crippen LogP contribution in [0.5, 0.6) is 0 Å². The van der Waals surface area contributed by atoms with E-state index in [4.69, 9.17) is 4.18 Å². The van der Waals surface area contributed by atoms with Gasteiger partial charge in [-0.25, -0.2) is 0 Å². The Morgan fingerprint density at radius 3 is 1.96 bits per heavy atom. The fraction of sp³-hybridized carbons (Fsp3) is 0.684. The minimum atomic E-state index is -3.26. The molecule has 0 saturated heterocycles. The first kappa shape index (κ1) is 21.9. The van der Waals surface area contributed by atoms with Gasteiger partial charge in [-0.05, 0) is 59.5 Å². The van der Waals surface area contributed by atoms with Crippen molar-refractivity contribution in [3.05, 3.63) is 33.4 Å². The Morgan fingerprint density at radius 2 is 1.42 bits per heavy atom. The van der Waals surface area contributed by atoms with Gasteiger partial charge < -0.3 is 0 Å². The van der Waals surface area contributed by atoms with Crippen LogP contribution in [0.1, 0.15) is 69.8 Å². The van der Waals surface area contributed by atoms with E-state index < -0.39 is 10.1 Å². The fourth-order valence-corrected chi connectivity index (χ4v) is 3.78. The van der Waals surface area contributed by atoms with E-state index in [0.29, 0.717) is 6.61 Å². The molecular weight excluding hydrogens is 435 g/mol. The lowest BCUT2D eigenvalue weighted by atomic mass is 10.0. The molecule has 1 aromatic rings. The van der Waals surface area contributed by atoms with Crippen molar-refractivity contribution in [3.63, 3.8) is 0 Å². The van der Waals surface area contributed by atoms with Gasteiger partial charge in [0.05, 0.1) is 12.9 Å². The van der Waals surface area contributed by atoms with Gasteiger partial charge in [-0.3, -0.25) is 4.18 Å². The maximum Gasteiger partial charge on any atom is 0.264 e. The van der Waals surface area contributed by atoms with E-state index in [9.17, 15) is 8.42 Å². The van der Waals surface area contributed by atoms with E-state index >= 15 is 0 Å². The summed E-state index contributed by atoms with van der Waals surface area (Å²) in [4.78, 5) is 0. The second-order valence-corrected chi connectivity index (χ2v) is 9.33. The summed E-state index contributed by atoms with van der Waals surface area (Å²) >= 11 is 2.37. The van der Waals surface area contributed by atoms with Crippen molar-refractivity contribution in [3.8, 4) is 0 Å². The van der Waals surface area contributed by atoms with Crippen LogP contribution < -0.4 is 0 Å². The summed E-state index contributed by atoms with van der Waals surface area (Å²) in [5, 5.41) is 0. The molecule has 1 aromatic carbocycles. The summed E-state index contributed by atoms with van der Waals surface area (Å²) in [5.74, 6) is 0. The normalized spacial score (nSPS) is 11.8. The molecule has 0 heterocycles. The summed E-state index contributed by atoms with van der Waals surface area (Å²) in [7, 11) is -3.26. The molecule has 0 fully saturated rings. The molecule has 0 atom stereocenters. The van der Waals surface area contributed by atoms with Crippen molar-refractivity contribution in [1.82, 2.24) is 0 Å². The summed E-state index contributed by atoms with van der Waals surface area (Å²) in [6, 6.07) is 8.79. The highest BCUT2D eigenvalue weighted by Crippen LogP contribution is 2.14. The van der Waals surface area contributed by atoms with Gasteiger partial charge in [0.1, 0.15) is 0 Å². The Morgan fingerprint density at radius 1 is 0.875 bits per heavy atom. The van der Waals surface area contributed by atoms with Gasteiger partial charge in [-0.15, -0.1) is 0 Å². The summed E-state index contributed by atoms with van der Waals surface area (Å²) in [5.41, 5.74) is 1.46. The predicted octanol–water partition coefficient (Wildman–Crippen LogP) is 5.71. The number of benzene rings is 1. The third-order valence-corrected chi connectivity index (χ3v) is 5.31. The molecule has 138 valence electrons. The first-order chi connectivity index (χ1) is 11.5. The zero-order chi connectivity index (χ0) is 17.7. The highest BCUT2D eigenvalue weighted by atomic mass is 127. The Labute approximate surface area is 161 Å². The molecule has 0 aliphatic rings. The van der Waals surface area contributed by atoms with Crippen LogP contribution in [0.15, 0.2) is 24.3 Å². The highest BCUT2D eigenvalue weighted by molar-refractivity contribution is 14.1. The van der Waals surface area contributed by atoms with Gasteiger partial charge in [0.15, 0.2) is 0 Å². The van der Waals surface area contributed by atoms with Crippen LogP contribution in [0.25, 0.3) is 0 Å². The Kier molecular flexibility index (Phi) is 12.0. The van der Waals surface area contributed by atoms with Crippen LogP contribution in [0.2, 0.25) is 0 Å². The third-order valence-electron chi connectivity index (χ3n) is 4.05. The number of aryl methyl sites for hydroxylation is 1. The highest BCUT2D eigenvalue weighted by Gasteiger charge is 2.00. The van der Waals surface area contributed by atoms with E-state index in [2.05, 4.69) is 46.9 Å². The maximum absolute atomic E-state index is 10.8. The molecule has 1 rings (SSSR count). The molecule has 3 nitrogen and oxygen atoms in total. The van der Waals surface area contributed by atoms with Crippen LogP contribution in [0.4, 0.5) is 0 Å². The standard InChI is InChI=1S/C19H31IO3S/c1-24(21,22)23-16-11-9-7-5-3-2-4-6-8-10-13-18-14-12-15-19(20)17-18/h12,14-15,17H,2-11,13,16H2,1H3. The number of rotatable bonds is 14. The molecule has 0 saturated carbocycles. The van der Waals surface area contributed by atoms with Crippen LogP contribution in [0, 0.1) is 3.57 Å². The molecule has 0 amide bonds. The SMILES string of the molecule is CS(=O)(=O)OCCCCCCCCCCCCc1cccc(I)c1. The Bertz CT molecular complexity index is 543. The molecule has 0 bridgehead atoms. The average Bonchev–Trinajstić information content (AvgIpc) is 2.51. The molecule has 0 aromatic heterocycles. The van der Waals surface area contributed by atoms with E-state index in [1.165, 1.54) is 66.9 Å². The Balaban J connectivity index is 1.82. The van der Waals surface area contributed by atoms with Crippen molar-refractivity contribution in [1.29, 1.82) is 0 Å². The Hall–Kier alpha value is -0.140. The van der Waals surface area contributed by atoms with E-state index in [-0.39, 0.29) is 0 Å². The number of hydrogen-bond donors (Lipinski definition) is 0. The van der Waals surface area contributed by atoms with Crippen LogP contribution in [-0.4, -0.2) is 21.3 Å². The zero-order valence-corrected chi connectivity index (χ0v) is 17.8. The topological polar surface area (TPSA) is 43.4 Å². The lowest BCUT2D eigenvalue weighted by Crippen LogP contribution is -2.03. The van der Waals surface area contributed by atoms with Gasteiger partial charge in [0.25, 0.3) is 10.1 Å². The number of halogens is 1. The molecular formula is C19H31IO3S. The van der Waals surface area contributed by atoms with E-state index in [1.54, 1.807) is 0 Å². The molecule has 0 aliphatic carbocycles. The number of hydrogen-bond acceptors (Lipinski definition) is 3. The molecule has 0 aliphatic heterocycles. The largest absolute Gasteiger partial charge is 0.270 e. The van der Waals surface area contributed by atoms with Crippen LogP contribution in [-0.2, 0) is 20.7 Å². The van der Waals surface area contributed by atoms with Crippen molar-refractivity contribution in [2.45, 2.75) is 70.6 Å². The summed E-state index contributed by atoms with van der Waals surface area (Å²) < 4.78 is 27.6. The maximum atomic E-state index is 10.8. The first-order valence-corrected chi connectivity index (χ1v) is 12.0. The summed E-state index contributed by atoms with van der Waals surface area (Å²) in [6.45, 7) is 0.333. The van der Waals surface area contributed by atoms with Gasteiger partial charge in [-0.2, -0.15) is 8.42 Å². The molecule has 0 unspecified atom stereocenters. The van der Waals surface area contributed by atoms with Crippen molar-refractivity contribution in [2.24, 2.45) is 0 Å². The molecule has 0 N–H and O–H groups in total. The average molecular weight is 466 g/mol. The second-order valence-electron chi connectivity index (χ2n) is 6.44. The monoisotopic (exact) mass is 466 g/mol. The molecule has 0 radical (unpaired) electrons. The van der Waals surface area contributed by atoms with Gasteiger partial charge in [0.2, 0.25) is 0 Å². The van der Waals surface area contributed by atoms with Crippen molar-refractivity contribution in [2.75, 3.05) is 12.9 Å². The molecule has 24 heavy (non-hydrogen) atoms. The van der Waals surface area contributed by atoms with Crippen molar-refractivity contribution < 1.29 is 12.6 Å². The lowest BCUT2D eigenvalue weighted by molar-refractivity contribution is 0.309. The quantitative estimate of drug-likeness (QED) is 0.200. The van der Waals surface area contributed by atoms with Gasteiger partial charge >= 0.3 is 0 Å². The number of unbranched alkanes of at least 4 members (excludes halogenated alkanes) is 9. The first-order valence-electron chi connectivity index (χ1n) is 9.06. The third kappa shape index (κ3) is 13.2. The van der Waals surface area contributed by atoms with E-state index in [1.807, 2.05) is 0 Å². The zero-order valence-electron chi connectivity index (χ0n) is 14.8. The smallest absolute Gasteiger partial charge is 0.264 e. The van der Waals surface area contributed by atoms with Crippen LogP contribution >= 0.6 is 22.6 Å². The van der Waals surface area contributed by atoms with Crippen molar-refractivity contribution >= 4 is 32.7 Å². The van der Waals surface area contributed by atoms with Crippen LogP contribution in [0.3, 0.4) is 0 Å². The molecule has 5 heteroatoms. The van der Waals surface area contributed by atoms with E-state index in [0.717, 1.165) is 19.1 Å². The minimum Gasteiger partial charge on any atom is -0.270 e. The second kappa shape index (κ2) is 13.1. The predicted molar refractivity (Wildman–Crippen MR) is 110 cm³/mol. The van der Waals surface area contributed by atoms with Gasteiger partial charge in [-0.1, -0.05) is 63.5 Å². The summed E-state index contributed by atoms with van der Waals surface area (Å²) in [6.07, 6.45) is 14.6. The minimum absolute atomic E-state index is 0.333. The fourth-order valence-electron chi connectivity index (χ4n) is 2.75.